The fraction of sp³-hybridized carbons (Fsp3) is 0.286. The van der Waals surface area contributed by atoms with E-state index in [4.69, 9.17) is 0 Å². The summed E-state index contributed by atoms with van der Waals surface area (Å²) in [5.74, 6) is 0. The van der Waals surface area contributed by atoms with E-state index in [0.717, 1.165) is 13.0 Å². The molecule has 1 heterocycles. The van der Waals surface area contributed by atoms with E-state index in [1.807, 2.05) is 0 Å². The predicted octanol–water partition coefficient (Wildman–Crippen LogP) is 3.92. The van der Waals surface area contributed by atoms with Gasteiger partial charge in [0.15, 0.2) is 0 Å². The van der Waals surface area contributed by atoms with Crippen molar-refractivity contribution in [3.05, 3.63) is 48.2 Å². The zero-order valence-electron chi connectivity index (χ0n) is 9.46. The molecule has 0 saturated heterocycles. The van der Waals surface area contributed by atoms with Gasteiger partial charge in [-0.15, -0.1) is 6.58 Å². The molecule has 0 aliphatic carbocycles. The fourth-order valence-electron chi connectivity index (χ4n) is 1.88. The second-order valence-corrected chi connectivity index (χ2v) is 4.22. The number of hydrogen-bond acceptors (Lipinski definition) is 0. The summed E-state index contributed by atoms with van der Waals surface area (Å²) in [6.07, 6.45) is 3.22. The summed E-state index contributed by atoms with van der Waals surface area (Å²) in [6, 6.07) is 8.66. The van der Waals surface area contributed by atoms with Gasteiger partial charge in [-0.1, -0.05) is 17.7 Å². The van der Waals surface area contributed by atoms with Crippen molar-refractivity contribution in [2.75, 3.05) is 0 Å². The van der Waals surface area contributed by atoms with Crippen molar-refractivity contribution >= 4 is 10.9 Å². The maximum Gasteiger partial charge on any atom is 0.0483 e. The number of fused-ring (bicyclic) bond motifs is 1. The van der Waals surface area contributed by atoms with Gasteiger partial charge in [-0.2, -0.15) is 0 Å². The molecule has 2 aromatic rings. The lowest BCUT2D eigenvalue weighted by Gasteiger charge is -2.05. The smallest absolute Gasteiger partial charge is 0.0483 e. The predicted molar refractivity (Wildman–Crippen MR) is 66.1 cm³/mol. The van der Waals surface area contributed by atoms with Crippen molar-refractivity contribution in [1.82, 2.24) is 4.57 Å². The first-order valence-electron chi connectivity index (χ1n) is 5.37. The van der Waals surface area contributed by atoms with Crippen LogP contribution in [0.15, 0.2) is 42.6 Å². The molecule has 0 bridgehead atoms. The largest absolute Gasteiger partial charge is 0.347 e. The Morgan fingerprint density at radius 2 is 2.13 bits per heavy atom. The summed E-state index contributed by atoms with van der Waals surface area (Å²) >= 11 is 0. The summed E-state index contributed by atoms with van der Waals surface area (Å²) in [7, 11) is 0. The lowest BCUT2D eigenvalue weighted by atomic mass is 10.1. The van der Waals surface area contributed by atoms with Crippen LogP contribution in [0, 0.1) is 6.92 Å². The molecule has 0 saturated carbocycles. The van der Waals surface area contributed by atoms with Crippen molar-refractivity contribution in [3.8, 4) is 0 Å². The van der Waals surface area contributed by atoms with Gasteiger partial charge in [0.25, 0.3) is 0 Å². The van der Waals surface area contributed by atoms with E-state index in [1.54, 1.807) is 0 Å². The maximum absolute atomic E-state index is 3.94. The van der Waals surface area contributed by atoms with Gasteiger partial charge in [-0.05, 0) is 38.0 Å². The molecule has 1 nitrogen and oxygen atoms in total. The first kappa shape index (κ1) is 10.0. The van der Waals surface area contributed by atoms with Crippen LogP contribution in [0.5, 0.6) is 0 Å². The van der Waals surface area contributed by atoms with Crippen LogP contribution < -0.4 is 0 Å². The molecule has 0 radical (unpaired) electrons. The Labute approximate surface area is 91.0 Å². The molecular formula is C14H17N. The summed E-state index contributed by atoms with van der Waals surface area (Å²) in [4.78, 5) is 0. The van der Waals surface area contributed by atoms with Gasteiger partial charge >= 0.3 is 0 Å². The number of allylic oxidation sites excluding steroid dienone is 1. The van der Waals surface area contributed by atoms with Crippen molar-refractivity contribution in [1.29, 1.82) is 0 Å². The van der Waals surface area contributed by atoms with E-state index in [-0.39, 0.29) is 0 Å². The second kappa shape index (κ2) is 3.93. The Hall–Kier alpha value is -1.50. The highest BCUT2D eigenvalue weighted by atomic mass is 14.9. The third kappa shape index (κ3) is 1.96. The fourth-order valence-corrected chi connectivity index (χ4v) is 1.88. The summed E-state index contributed by atoms with van der Waals surface area (Å²) in [5.41, 5.74) is 3.92. The van der Waals surface area contributed by atoms with Gasteiger partial charge in [-0.3, -0.25) is 0 Å². The molecule has 0 amide bonds. The highest BCUT2D eigenvalue weighted by molar-refractivity contribution is 5.83. The van der Waals surface area contributed by atoms with Crippen LogP contribution in [0.4, 0.5) is 0 Å². The average Bonchev–Trinajstić information content (AvgIpc) is 2.59. The van der Waals surface area contributed by atoms with Gasteiger partial charge in [-0.25, -0.2) is 0 Å². The monoisotopic (exact) mass is 199 g/mol. The van der Waals surface area contributed by atoms with Crippen LogP contribution in [-0.2, 0) is 6.54 Å². The lowest BCUT2D eigenvalue weighted by molar-refractivity contribution is 0.719. The van der Waals surface area contributed by atoms with E-state index in [1.165, 1.54) is 22.0 Å². The summed E-state index contributed by atoms with van der Waals surface area (Å²) in [5, 5.41) is 1.36. The molecule has 1 aromatic heterocycles. The number of rotatable bonds is 3. The van der Waals surface area contributed by atoms with Crippen LogP contribution in [-0.4, -0.2) is 4.57 Å². The van der Waals surface area contributed by atoms with E-state index >= 15 is 0 Å². The molecule has 0 aliphatic heterocycles. The Kier molecular flexibility index (Phi) is 2.63. The topological polar surface area (TPSA) is 4.93 Å². The number of aromatic nitrogens is 1. The number of nitrogens with zero attached hydrogens (tertiary/aromatic N) is 1. The summed E-state index contributed by atoms with van der Waals surface area (Å²) in [6.45, 7) is 9.21. The van der Waals surface area contributed by atoms with Crippen LogP contribution in [0.3, 0.4) is 0 Å². The van der Waals surface area contributed by atoms with E-state index < -0.39 is 0 Å². The van der Waals surface area contributed by atoms with Crippen LogP contribution >= 0.6 is 0 Å². The summed E-state index contributed by atoms with van der Waals surface area (Å²) < 4.78 is 2.30. The molecule has 78 valence electrons. The zero-order valence-corrected chi connectivity index (χ0v) is 9.46. The third-order valence-corrected chi connectivity index (χ3v) is 2.81. The minimum absolute atomic E-state index is 1.03. The Bertz CT molecular complexity index is 491. The Morgan fingerprint density at radius 1 is 1.33 bits per heavy atom. The van der Waals surface area contributed by atoms with Crippen molar-refractivity contribution in [2.24, 2.45) is 0 Å². The lowest BCUT2D eigenvalue weighted by Crippen LogP contribution is -1.95. The quantitative estimate of drug-likeness (QED) is 0.660. The molecule has 0 atom stereocenters. The van der Waals surface area contributed by atoms with Crippen LogP contribution in [0.1, 0.15) is 18.9 Å². The molecule has 0 spiro atoms. The maximum atomic E-state index is 3.94. The van der Waals surface area contributed by atoms with Crippen molar-refractivity contribution < 1.29 is 0 Å². The molecule has 1 heteroatoms. The second-order valence-electron chi connectivity index (χ2n) is 4.22. The van der Waals surface area contributed by atoms with Gasteiger partial charge in [0.05, 0.1) is 0 Å². The van der Waals surface area contributed by atoms with Crippen LogP contribution in [0.25, 0.3) is 10.9 Å². The van der Waals surface area contributed by atoms with Crippen molar-refractivity contribution in [3.63, 3.8) is 0 Å². The number of aryl methyl sites for hydroxylation is 2. The van der Waals surface area contributed by atoms with Crippen molar-refractivity contribution in [2.45, 2.75) is 26.8 Å². The number of hydrogen-bond donors (Lipinski definition) is 0. The van der Waals surface area contributed by atoms with E-state index in [2.05, 4.69) is 55.5 Å². The number of benzene rings is 1. The van der Waals surface area contributed by atoms with Gasteiger partial charge in [0.1, 0.15) is 0 Å². The van der Waals surface area contributed by atoms with Gasteiger partial charge in [0, 0.05) is 23.6 Å². The Balaban J connectivity index is 2.37. The molecule has 2 rings (SSSR count). The van der Waals surface area contributed by atoms with Gasteiger partial charge in [0.2, 0.25) is 0 Å². The molecule has 15 heavy (non-hydrogen) atoms. The zero-order chi connectivity index (χ0) is 10.8. The SMILES string of the molecule is C=C(C)CCn1ccc2c(C)cccc21. The molecule has 0 aliphatic rings. The highest BCUT2D eigenvalue weighted by Crippen LogP contribution is 2.20. The molecule has 1 aromatic carbocycles. The minimum atomic E-state index is 1.03. The third-order valence-electron chi connectivity index (χ3n) is 2.81. The minimum Gasteiger partial charge on any atom is -0.347 e. The first-order valence-corrected chi connectivity index (χ1v) is 5.37. The molecular weight excluding hydrogens is 182 g/mol. The van der Waals surface area contributed by atoms with Gasteiger partial charge < -0.3 is 4.57 Å². The average molecular weight is 199 g/mol. The highest BCUT2D eigenvalue weighted by Gasteiger charge is 2.01. The molecule has 0 fully saturated rings. The van der Waals surface area contributed by atoms with E-state index in [0.29, 0.717) is 0 Å². The Morgan fingerprint density at radius 3 is 2.87 bits per heavy atom. The normalized spacial score (nSPS) is 10.8. The molecule has 0 N–H and O–H groups in total. The first-order chi connectivity index (χ1) is 7.18. The molecule has 0 unspecified atom stereocenters. The van der Waals surface area contributed by atoms with Crippen LogP contribution in [0.2, 0.25) is 0 Å². The standard InChI is InChI=1S/C14H17N/c1-11(2)7-9-15-10-8-13-12(3)5-4-6-14(13)15/h4-6,8,10H,1,7,9H2,2-3H3. The van der Waals surface area contributed by atoms with E-state index in [9.17, 15) is 0 Å².